The predicted molar refractivity (Wildman–Crippen MR) is 64.9 cm³/mol. The second kappa shape index (κ2) is 5.31. The van der Waals surface area contributed by atoms with Gasteiger partial charge in [-0.2, -0.15) is 5.10 Å². The number of aromatic amines is 1. The molecule has 1 unspecified atom stereocenters. The van der Waals surface area contributed by atoms with Crippen LogP contribution in [-0.2, 0) is 9.53 Å². The van der Waals surface area contributed by atoms with Crippen molar-refractivity contribution in [3.05, 3.63) is 11.3 Å². The molecule has 1 fully saturated rings. The van der Waals surface area contributed by atoms with Crippen LogP contribution in [0.3, 0.4) is 0 Å². The number of anilines is 1. The first-order valence-electron chi connectivity index (χ1n) is 6.10. The molecule has 2 rings (SSSR count). The van der Waals surface area contributed by atoms with Crippen molar-refractivity contribution in [1.82, 2.24) is 10.2 Å². The van der Waals surface area contributed by atoms with Crippen LogP contribution in [0.15, 0.2) is 0 Å². The van der Waals surface area contributed by atoms with E-state index < -0.39 is 0 Å². The van der Waals surface area contributed by atoms with Crippen LogP contribution in [0.4, 0.5) is 5.82 Å². The fraction of sp³-hybridized carbons (Fsp3) is 0.667. The molecule has 0 radical (unpaired) electrons. The molecule has 1 aromatic heterocycles. The maximum absolute atomic E-state index is 11.7. The SMILES string of the molecule is Cc1[nH]nc(NC(=O)CCC2CCCO2)c1C. The van der Waals surface area contributed by atoms with E-state index in [0.29, 0.717) is 12.2 Å². The van der Waals surface area contributed by atoms with E-state index in [-0.39, 0.29) is 12.0 Å². The number of amides is 1. The Morgan fingerprint density at radius 3 is 3.00 bits per heavy atom. The number of ether oxygens (including phenoxy) is 1. The second-order valence-electron chi connectivity index (χ2n) is 4.54. The molecule has 1 atom stereocenters. The van der Waals surface area contributed by atoms with Gasteiger partial charge in [0.2, 0.25) is 5.91 Å². The summed E-state index contributed by atoms with van der Waals surface area (Å²) in [6.45, 7) is 4.71. The van der Waals surface area contributed by atoms with Gasteiger partial charge in [0.1, 0.15) is 0 Å². The third-order valence-corrected chi connectivity index (χ3v) is 3.23. The van der Waals surface area contributed by atoms with E-state index in [2.05, 4.69) is 15.5 Å². The molecule has 1 saturated heterocycles. The van der Waals surface area contributed by atoms with Crippen molar-refractivity contribution in [2.24, 2.45) is 0 Å². The quantitative estimate of drug-likeness (QED) is 0.840. The first-order valence-corrected chi connectivity index (χ1v) is 6.10. The number of nitrogens with zero attached hydrogens (tertiary/aromatic N) is 1. The number of hydrogen-bond acceptors (Lipinski definition) is 3. The molecule has 5 nitrogen and oxygen atoms in total. The molecule has 1 aromatic rings. The van der Waals surface area contributed by atoms with Gasteiger partial charge in [-0.05, 0) is 33.1 Å². The molecule has 1 amide bonds. The third kappa shape index (κ3) is 3.06. The standard InChI is InChI=1S/C12H19N3O2/c1-8-9(2)14-15-12(8)13-11(16)6-5-10-4-3-7-17-10/h10H,3-7H2,1-2H3,(H2,13,14,15,16). The van der Waals surface area contributed by atoms with Crippen molar-refractivity contribution >= 4 is 11.7 Å². The zero-order valence-corrected chi connectivity index (χ0v) is 10.4. The van der Waals surface area contributed by atoms with Crippen molar-refractivity contribution in [1.29, 1.82) is 0 Å². The fourth-order valence-electron chi connectivity index (χ4n) is 1.97. The Bertz CT molecular complexity index is 394. The van der Waals surface area contributed by atoms with E-state index in [0.717, 1.165) is 37.1 Å². The summed E-state index contributed by atoms with van der Waals surface area (Å²) in [7, 11) is 0. The summed E-state index contributed by atoms with van der Waals surface area (Å²) in [6, 6.07) is 0. The Morgan fingerprint density at radius 1 is 1.59 bits per heavy atom. The Balaban J connectivity index is 1.78. The lowest BCUT2D eigenvalue weighted by atomic mass is 10.1. The summed E-state index contributed by atoms with van der Waals surface area (Å²) in [4.78, 5) is 11.7. The molecule has 1 aliphatic heterocycles. The first kappa shape index (κ1) is 12.1. The normalized spacial score (nSPS) is 19.5. The van der Waals surface area contributed by atoms with Gasteiger partial charge < -0.3 is 10.1 Å². The van der Waals surface area contributed by atoms with Crippen molar-refractivity contribution < 1.29 is 9.53 Å². The number of aryl methyl sites for hydroxylation is 1. The summed E-state index contributed by atoms with van der Waals surface area (Å²) < 4.78 is 5.48. The van der Waals surface area contributed by atoms with Crippen LogP contribution >= 0.6 is 0 Å². The highest BCUT2D eigenvalue weighted by Gasteiger charge is 2.17. The molecular weight excluding hydrogens is 218 g/mol. The largest absolute Gasteiger partial charge is 0.378 e. The predicted octanol–water partition coefficient (Wildman–Crippen LogP) is 1.92. The fourth-order valence-corrected chi connectivity index (χ4v) is 1.97. The molecule has 0 bridgehead atoms. The maximum atomic E-state index is 11.7. The number of hydrogen-bond donors (Lipinski definition) is 2. The molecule has 2 heterocycles. The van der Waals surface area contributed by atoms with Gasteiger partial charge in [0.25, 0.3) is 0 Å². The van der Waals surface area contributed by atoms with E-state index in [1.54, 1.807) is 0 Å². The Morgan fingerprint density at radius 2 is 2.41 bits per heavy atom. The summed E-state index contributed by atoms with van der Waals surface area (Å²) in [6.07, 6.45) is 3.75. The molecule has 0 aliphatic carbocycles. The zero-order valence-electron chi connectivity index (χ0n) is 10.4. The molecule has 17 heavy (non-hydrogen) atoms. The Kier molecular flexibility index (Phi) is 3.78. The van der Waals surface area contributed by atoms with Crippen LogP contribution < -0.4 is 5.32 Å². The number of rotatable bonds is 4. The molecular formula is C12H19N3O2. The summed E-state index contributed by atoms with van der Waals surface area (Å²) in [5, 5.41) is 9.72. The van der Waals surface area contributed by atoms with Crippen LogP contribution in [0.5, 0.6) is 0 Å². The van der Waals surface area contributed by atoms with Crippen LogP contribution in [0.1, 0.15) is 36.9 Å². The highest BCUT2D eigenvalue weighted by Crippen LogP contribution is 2.18. The zero-order chi connectivity index (χ0) is 12.3. The van der Waals surface area contributed by atoms with Crippen LogP contribution in [-0.4, -0.2) is 28.8 Å². The van der Waals surface area contributed by atoms with Gasteiger partial charge in [0.15, 0.2) is 5.82 Å². The van der Waals surface area contributed by atoms with Crippen molar-refractivity contribution in [2.75, 3.05) is 11.9 Å². The van der Waals surface area contributed by atoms with E-state index in [9.17, 15) is 4.79 Å². The van der Waals surface area contributed by atoms with Gasteiger partial charge in [-0.25, -0.2) is 0 Å². The van der Waals surface area contributed by atoms with Gasteiger partial charge in [-0.1, -0.05) is 0 Å². The molecule has 1 aliphatic rings. The highest BCUT2D eigenvalue weighted by molar-refractivity contribution is 5.90. The number of carbonyl (C=O) groups excluding carboxylic acids is 1. The van der Waals surface area contributed by atoms with Gasteiger partial charge in [0, 0.05) is 24.3 Å². The van der Waals surface area contributed by atoms with Crippen LogP contribution in [0.25, 0.3) is 0 Å². The minimum atomic E-state index is 0.00935. The molecule has 94 valence electrons. The maximum Gasteiger partial charge on any atom is 0.225 e. The van der Waals surface area contributed by atoms with Gasteiger partial charge in [0.05, 0.1) is 6.10 Å². The average Bonchev–Trinajstić information content (AvgIpc) is 2.92. The minimum Gasteiger partial charge on any atom is -0.378 e. The first-order chi connectivity index (χ1) is 8.16. The summed E-state index contributed by atoms with van der Waals surface area (Å²) >= 11 is 0. The van der Waals surface area contributed by atoms with Gasteiger partial charge in [-0.15, -0.1) is 0 Å². The van der Waals surface area contributed by atoms with Crippen LogP contribution in [0, 0.1) is 13.8 Å². The molecule has 0 aromatic carbocycles. The summed E-state index contributed by atoms with van der Waals surface area (Å²) in [5.41, 5.74) is 1.98. The number of H-pyrrole nitrogens is 1. The summed E-state index contributed by atoms with van der Waals surface area (Å²) in [5.74, 6) is 0.648. The highest BCUT2D eigenvalue weighted by atomic mass is 16.5. The lowest BCUT2D eigenvalue weighted by molar-refractivity contribution is -0.116. The van der Waals surface area contributed by atoms with Gasteiger partial charge in [-0.3, -0.25) is 9.89 Å². The van der Waals surface area contributed by atoms with Crippen molar-refractivity contribution in [3.63, 3.8) is 0 Å². The molecule has 0 spiro atoms. The topological polar surface area (TPSA) is 67.0 Å². The minimum absolute atomic E-state index is 0.00935. The van der Waals surface area contributed by atoms with E-state index in [1.165, 1.54) is 0 Å². The van der Waals surface area contributed by atoms with E-state index in [4.69, 9.17) is 4.74 Å². The number of aromatic nitrogens is 2. The molecule has 5 heteroatoms. The van der Waals surface area contributed by atoms with Crippen LogP contribution in [0.2, 0.25) is 0 Å². The molecule has 2 N–H and O–H groups in total. The number of carbonyl (C=O) groups is 1. The Labute approximate surface area is 101 Å². The third-order valence-electron chi connectivity index (χ3n) is 3.23. The smallest absolute Gasteiger partial charge is 0.225 e. The van der Waals surface area contributed by atoms with Crippen molar-refractivity contribution in [3.8, 4) is 0 Å². The number of nitrogens with one attached hydrogen (secondary N) is 2. The van der Waals surface area contributed by atoms with E-state index >= 15 is 0 Å². The van der Waals surface area contributed by atoms with Crippen molar-refractivity contribution in [2.45, 2.75) is 45.6 Å². The molecule has 0 saturated carbocycles. The monoisotopic (exact) mass is 237 g/mol. The Hall–Kier alpha value is -1.36. The lowest BCUT2D eigenvalue weighted by Crippen LogP contribution is -2.15. The average molecular weight is 237 g/mol. The van der Waals surface area contributed by atoms with Gasteiger partial charge >= 0.3 is 0 Å². The lowest BCUT2D eigenvalue weighted by Gasteiger charge is -2.08. The van der Waals surface area contributed by atoms with E-state index in [1.807, 2.05) is 13.8 Å². The second-order valence-corrected chi connectivity index (χ2v) is 4.54.